The Morgan fingerprint density at radius 3 is 2.72 bits per heavy atom. The Kier molecular flexibility index (Phi) is 5.95. The van der Waals surface area contributed by atoms with Gasteiger partial charge in [-0.3, -0.25) is 9.88 Å². The summed E-state index contributed by atoms with van der Waals surface area (Å²) in [6.45, 7) is 3.96. The first-order valence-corrected chi connectivity index (χ1v) is 8.61. The predicted octanol–water partition coefficient (Wildman–Crippen LogP) is 2.64. The van der Waals surface area contributed by atoms with Crippen LogP contribution in [-0.2, 0) is 13.1 Å². The molecule has 2 amide bonds. The van der Waals surface area contributed by atoms with E-state index < -0.39 is 0 Å². The molecule has 2 heterocycles. The van der Waals surface area contributed by atoms with Crippen LogP contribution in [0.15, 0.2) is 48.7 Å². The second kappa shape index (κ2) is 8.58. The molecule has 1 aliphatic rings. The van der Waals surface area contributed by atoms with Gasteiger partial charge in [0.2, 0.25) is 0 Å². The number of nitrogens with zero attached hydrogens (tertiary/aromatic N) is 3. The standard InChI is InChI=1S/C19H23FN4O/c20-18-8-2-1-6-16(18)15-23-10-5-11-24(13-12-23)19(25)22-14-17-7-3-4-9-21-17/h1-4,6-9H,5,10-15H2,(H,22,25). The summed E-state index contributed by atoms with van der Waals surface area (Å²) in [4.78, 5) is 20.6. The van der Waals surface area contributed by atoms with Gasteiger partial charge in [0.1, 0.15) is 5.82 Å². The maximum Gasteiger partial charge on any atom is 0.317 e. The van der Waals surface area contributed by atoms with Crippen molar-refractivity contribution in [1.82, 2.24) is 20.1 Å². The largest absolute Gasteiger partial charge is 0.332 e. The van der Waals surface area contributed by atoms with Gasteiger partial charge in [0.15, 0.2) is 0 Å². The zero-order valence-electron chi connectivity index (χ0n) is 14.2. The monoisotopic (exact) mass is 342 g/mol. The first-order chi connectivity index (χ1) is 12.2. The summed E-state index contributed by atoms with van der Waals surface area (Å²) in [5.74, 6) is -0.170. The molecular weight excluding hydrogens is 319 g/mol. The van der Waals surface area contributed by atoms with Crippen molar-refractivity contribution in [2.45, 2.75) is 19.5 Å². The van der Waals surface area contributed by atoms with Crippen LogP contribution >= 0.6 is 0 Å². The molecule has 1 fully saturated rings. The quantitative estimate of drug-likeness (QED) is 0.929. The van der Waals surface area contributed by atoms with Gasteiger partial charge in [-0.15, -0.1) is 0 Å². The van der Waals surface area contributed by atoms with Crippen LogP contribution in [0.25, 0.3) is 0 Å². The number of pyridine rings is 1. The second-order valence-corrected chi connectivity index (χ2v) is 6.19. The fourth-order valence-corrected chi connectivity index (χ4v) is 2.98. The number of benzene rings is 1. The van der Waals surface area contributed by atoms with E-state index in [-0.39, 0.29) is 11.8 Å². The molecule has 1 aliphatic heterocycles. The van der Waals surface area contributed by atoms with Gasteiger partial charge in [-0.05, 0) is 24.6 Å². The first kappa shape index (κ1) is 17.4. The Balaban J connectivity index is 1.49. The third kappa shape index (κ3) is 5.00. The summed E-state index contributed by atoms with van der Waals surface area (Å²) in [5.41, 5.74) is 1.54. The van der Waals surface area contributed by atoms with Gasteiger partial charge >= 0.3 is 6.03 Å². The van der Waals surface area contributed by atoms with E-state index in [1.165, 1.54) is 6.07 Å². The summed E-state index contributed by atoms with van der Waals surface area (Å²) in [6.07, 6.45) is 2.60. The topological polar surface area (TPSA) is 48.5 Å². The Morgan fingerprint density at radius 1 is 1.08 bits per heavy atom. The van der Waals surface area contributed by atoms with Crippen LogP contribution < -0.4 is 5.32 Å². The fourth-order valence-electron chi connectivity index (χ4n) is 2.98. The third-order valence-corrected chi connectivity index (χ3v) is 4.37. The van der Waals surface area contributed by atoms with Crippen molar-refractivity contribution in [2.75, 3.05) is 26.2 Å². The number of hydrogen-bond donors (Lipinski definition) is 1. The van der Waals surface area contributed by atoms with Crippen molar-refractivity contribution in [3.8, 4) is 0 Å². The molecule has 1 saturated heterocycles. The minimum atomic E-state index is -0.170. The van der Waals surface area contributed by atoms with E-state index in [1.807, 2.05) is 35.2 Å². The van der Waals surface area contributed by atoms with Crippen molar-refractivity contribution in [2.24, 2.45) is 0 Å². The Labute approximate surface area is 147 Å². The van der Waals surface area contributed by atoms with Gasteiger partial charge in [0, 0.05) is 44.5 Å². The van der Waals surface area contributed by atoms with Crippen LogP contribution in [0.3, 0.4) is 0 Å². The molecule has 1 N–H and O–H groups in total. The van der Waals surface area contributed by atoms with Gasteiger partial charge in [-0.1, -0.05) is 24.3 Å². The molecule has 1 aromatic carbocycles. The second-order valence-electron chi connectivity index (χ2n) is 6.19. The molecular formula is C19H23FN4O. The summed E-state index contributed by atoms with van der Waals surface area (Å²) in [7, 11) is 0. The van der Waals surface area contributed by atoms with Gasteiger partial charge < -0.3 is 10.2 Å². The lowest BCUT2D eigenvalue weighted by molar-refractivity contribution is 0.197. The lowest BCUT2D eigenvalue weighted by atomic mass is 10.2. The molecule has 0 bridgehead atoms. The van der Waals surface area contributed by atoms with E-state index in [0.29, 0.717) is 31.7 Å². The highest BCUT2D eigenvalue weighted by atomic mass is 19.1. The van der Waals surface area contributed by atoms with Gasteiger partial charge in [0.05, 0.1) is 12.2 Å². The zero-order valence-corrected chi connectivity index (χ0v) is 14.2. The van der Waals surface area contributed by atoms with E-state index in [4.69, 9.17) is 0 Å². The molecule has 0 radical (unpaired) electrons. The molecule has 5 nitrogen and oxygen atoms in total. The molecule has 0 aliphatic carbocycles. The van der Waals surface area contributed by atoms with Crippen molar-refractivity contribution < 1.29 is 9.18 Å². The average molecular weight is 342 g/mol. The molecule has 0 atom stereocenters. The number of nitrogens with one attached hydrogen (secondary N) is 1. The fraction of sp³-hybridized carbons (Fsp3) is 0.368. The molecule has 25 heavy (non-hydrogen) atoms. The van der Waals surface area contributed by atoms with Crippen molar-refractivity contribution in [3.05, 3.63) is 65.7 Å². The van der Waals surface area contributed by atoms with Crippen molar-refractivity contribution in [3.63, 3.8) is 0 Å². The van der Waals surface area contributed by atoms with Crippen molar-refractivity contribution in [1.29, 1.82) is 0 Å². The van der Waals surface area contributed by atoms with Crippen LogP contribution in [-0.4, -0.2) is 47.0 Å². The molecule has 2 aromatic rings. The van der Waals surface area contributed by atoms with Gasteiger partial charge in [-0.2, -0.15) is 0 Å². The molecule has 132 valence electrons. The van der Waals surface area contributed by atoms with Crippen LogP contribution in [0.1, 0.15) is 17.7 Å². The maximum absolute atomic E-state index is 13.8. The maximum atomic E-state index is 13.8. The van der Waals surface area contributed by atoms with Gasteiger partial charge in [-0.25, -0.2) is 9.18 Å². The summed E-state index contributed by atoms with van der Waals surface area (Å²) >= 11 is 0. The molecule has 3 rings (SSSR count). The van der Waals surface area contributed by atoms with E-state index in [1.54, 1.807) is 12.3 Å². The first-order valence-electron chi connectivity index (χ1n) is 8.61. The number of rotatable bonds is 4. The minimum absolute atomic E-state index is 0.0709. The van der Waals surface area contributed by atoms with Crippen LogP contribution in [0, 0.1) is 5.82 Å². The Bertz CT molecular complexity index is 695. The highest BCUT2D eigenvalue weighted by Crippen LogP contribution is 2.12. The van der Waals surface area contributed by atoms with E-state index in [2.05, 4.69) is 15.2 Å². The number of halogens is 1. The van der Waals surface area contributed by atoms with Crippen LogP contribution in [0.5, 0.6) is 0 Å². The average Bonchev–Trinajstić information content (AvgIpc) is 2.88. The van der Waals surface area contributed by atoms with Crippen LogP contribution in [0.2, 0.25) is 0 Å². The number of amides is 2. The predicted molar refractivity (Wildman–Crippen MR) is 94.3 cm³/mol. The lowest BCUT2D eigenvalue weighted by Crippen LogP contribution is -2.41. The minimum Gasteiger partial charge on any atom is -0.332 e. The number of urea groups is 1. The highest BCUT2D eigenvalue weighted by molar-refractivity contribution is 5.74. The molecule has 0 spiro atoms. The molecule has 1 aromatic heterocycles. The lowest BCUT2D eigenvalue weighted by Gasteiger charge is -2.22. The van der Waals surface area contributed by atoms with E-state index in [9.17, 15) is 9.18 Å². The number of carbonyl (C=O) groups excluding carboxylic acids is 1. The summed E-state index contributed by atoms with van der Waals surface area (Å²) in [5, 5.41) is 2.92. The Morgan fingerprint density at radius 2 is 1.92 bits per heavy atom. The van der Waals surface area contributed by atoms with Crippen molar-refractivity contribution >= 4 is 6.03 Å². The van der Waals surface area contributed by atoms with Crippen LogP contribution in [0.4, 0.5) is 9.18 Å². The molecule has 0 saturated carbocycles. The number of aromatic nitrogens is 1. The summed E-state index contributed by atoms with van der Waals surface area (Å²) < 4.78 is 13.8. The summed E-state index contributed by atoms with van der Waals surface area (Å²) in [6, 6.07) is 12.4. The van der Waals surface area contributed by atoms with Gasteiger partial charge in [0.25, 0.3) is 0 Å². The smallest absolute Gasteiger partial charge is 0.317 e. The third-order valence-electron chi connectivity index (χ3n) is 4.37. The van der Waals surface area contributed by atoms with E-state index >= 15 is 0 Å². The number of carbonyl (C=O) groups is 1. The highest BCUT2D eigenvalue weighted by Gasteiger charge is 2.19. The molecule has 0 unspecified atom stereocenters. The SMILES string of the molecule is O=C(NCc1ccccn1)N1CCCN(Cc2ccccc2F)CC1. The number of hydrogen-bond acceptors (Lipinski definition) is 3. The van der Waals surface area contributed by atoms with E-state index in [0.717, 1.165) is 25.2 Å². The normalized spacial score (nSPS) is 15.6. The zero-order chi connectivity index (χ0) is 17.5. The Hall–Kier alpha value is -2.47. The molecule has 6 heteroatoms.